The van der Waals surface area contributed by atoms with Gasteiger partial charge >= 0.3 is 0 Å². The molecule has 0 aliphatic carbocycles. The van der Waals surface area contributed by atoms with Crippen molar-refractivity contribution in [2.75, 3.05) is 26.2 Å². The Hall–Kier alpha value is -0.910. The number of rotatable bonds is 7. The summed E-state index contributed by atoms with van der Waals surface area (Å²) in [7, 11) is 0. The second kappa shape index (κ2) is 7.20. The summed E-state index contributed by atoms with van der Waals surface area (Å²) >= 11 is 0. The van der Waals surface area contributed by atoms with Gasteiger partial charge in [-0.1, -0.05) is 6.92 Å². The van der Waals surface area contributed by atoms with E-state index in [4.69, 9.17) is 10.5 Å². The molecule has 0 amide bonds. The fraction of sp³-hybridized carbons (Fsp3) is 0.800. The Bertz CT molecular complexity index is 398. The third-order valence-electron chi connectivity index (χ3n) is 4.13. The molecule has 0 aromatic carbocycles. The van der Waals surface area contributed by atoms with E-state index in [9.17, 15) is 0 Å². The number of imidazole rings is 1. The number of hydrogen-bond acceptors (Lipinski definition) is 4. The molecule has 1 fully saturated rings. The zero-order chi connectivity index (χ0) is 14.5. The Morgan fingerprint density at radius 2 is 2.35 bits per heavy atom. The van der Waals surface area contributed by atoms with Crippen LogP contribution in [0.4, 0.5) is 0 Å². The molecule has 20 heavy (non-hydrogen) atoms. The van der Waals surface area contributed by atoms with Gasteiger partial charge in [-0.2, -0.15) is 0 Å². The third-order valence-corrected chi connectivity index (χ3v) is 4.13. The van der Waals surface area contributed by atoms with E-state index in [2.05, 4.69) is 35.2 Å². The molecule has 1 saturated heterocycles. The highest BCUT2D eigenvalue weighted by atomic mass is 16.5. The highest BCUT2D eigenvalue weighted by Crippen LogP contribution is 2.24. The molecule has 0 saturated carbocycles. The summed E-state index contributed by atoms with van der Waals surface area (Å²) in [5, 5.41) is 0. The molecular formula is C15H28N4O. The van der Waals surface area contributed by atoms with Crippen molar-refractivity contribution in [1.82, 2.24) is 14.5 Å². The van der Waals surface area contributed by atoms with Gasteiger partial charge in [-0.15, -0.1) is 0 Å². The van der Waals surface area contributed by atoms with Gasteiger partial charge in [-0.25, -0.2) is 4.98 Å². The quantitative estimate of drug-likeness (QED) is 0.829. The predicted molar refractivity (Wildman–Crippen MR) is 80.6 cm³/mol. The van der Waals surface area contributed by atoms with E-state index in [1.165, 1.54) is 12.1 Å². The lowest BCUT2D eigenvalue weighted by molar-refractivity contribution is 0.0586. The van der Waals surface area contributed by atoms with Gasteiger partial charge in [0.25, 0.3) is 0 Å². The van der Waals surface area contributed by atoms with Crippen LogP contribution in [0, 0.1) is 0 Å². The lowest BCUT2D eigenvalue weighted by Gasteiger charge is -2.32. The first-order valence-corrected chi connectivity index (χ1v) is 7.74. The van der Waals surface area contributed by atoms with Crippen LogP contribution in [-0.2, 0) is 4.74 Å². The monoisotopic (exact) mass is 280 g/mol. The van der Waals surface area contributed by atoms with Crippen LogP contribution in [0.1, 0.15) is 51.4 Å². The van der Waals surface area contributed by atoms with Gasteiger partial charge in [-0.05, 0) is 33.2 Å². The van der Waals surface area contributed by atoms with Gasteiger partial charge in [0.15, 0.2) is 0 Å². The van der Waals surface area contributed by atoms with Crippen molar-refractivity contribution in [1.29, 1.82) is 0 Å². The Balaban J connectivity index is 2.13. The zero-order valence-corrected chi connectivity index (χ0v) is 13.0. The van der Waals surface area contributed by atoms with Gasteiger partial charge in [0.1, 0.15) is 0 Å². The summed E-state index contributed by atoms with van der Waals surface area (Å²) in [6, 6.07) is 0.622. The van der Waals surface area contributed by atoms with Crippen molar-refractivity contribution < 1.29 is 4.74 Å². The van der Waals surface area contributed by atoms with Crippen LogP contribution in [0.5, 0.6) is 0 Å². The minimum atomic E-state index is 0.217. The van der Waals surface area contributed by atoms with Crippen molar-refractivity contribution in [3.63, 3.8) is 0 Å². The summed E-state index contributed by atoms with van der Waals surface area (Å²) in [4.78, 5) is 6.73. The Morgan fingerprint density at radius 1 is 1.55 bits per heavy atom. The van der Waals surface area contributed by atoms with E-state index in [1.54, 1.807) is 0 Å². The molecule has 0 bridgehead atoms. The van der Waals surface area contributed by atoms with Gasteiger partial charge in [0, 0.05) is 31.9 Å². The number of ether oxygens (including phenoxy) is 1. The van der Waals surface area contributed by atoms with Gasteiger partial charge < -0.3 is 15.0 Å². The summed E-state index contributed by atoms with van der Waals surface area (Å²) < 4.78 is 7.99. The highest BCUT2D eigenvalue weighted by molar-refractivity contribution is 5.08. The molecule has 1 aliphatic heterocycles. The van der Waals surface area contributed by atoms with Crippen LogP contribution in [-0.4, -0.2) is 46.8 Å². The van der Waals surface area contributed by atoms with E-state index < -0.39 is 0 Å². The molecule has 2 N–H and O–H groups in total. The summed E-state index contributed by atoms with van der Waals surface area (Å²) in [5.74, 6) is 0. The van der Waals surface area contributed by atoms with E-state index >= 15 is 0 Å². The first-order valence-electron chi connectivity index (χ1n) is 7.74. The fourth-order valence-corrected chi connectivity index (χ4v) is 2.99. The molecule has 5 nitrogen and oxygen atoms in total. The van der Waals surface area contributed by atoms with Crippen LogP contribution in [0.3, 0.4) is 0 Å². The molecule has 0 spiro atoms. The number of likely N-dealkylation sites (N-methyl/N-ethyl adjacent to an activating group) is 1. The van der Waals surface area contributed by atoms with Crippen molar-refractivity contribution >= 4 is 0 Å². The van der Waals surface area contributed by atoms with E-state index in [0.29, 0.717) is 18.7 Å². The molecule has 2 heterocycles. The molecule has 1 aromatic rings. The van der Waals surface area contributed by atoms with Crippen molar-refractivity contribution in [2.24, 2.45) is 5.73 Å². The van der Waals surface area contributed by atoms with E-state index in [0.717, 1.165) is 26.1 Å². The lowest BCUT2D eigenvalue weighted by Crippen LogP contribution is -2.39. The number of hydrogen-bond donors (Lipinski definition) is 1. The maximum atomic E-state index is 6.06. The molecule has 2 atom stereocenters. The average molecular weight is 280 g/mol. The standard InChI is InChI=1S/C15H28N4O/c1-4-18(10-13-6-5-7-20-13)14(8-16)15-9-17-11-19(15)12(2)3/h9,11-14H,4-8,10,16H2,1-3H3. The molecular weight excluding hydrogens is 252 g/mol. The minimum absolute atomic E-state index is 0.217. The zero-order valence-electron chi connectivity index (χ0n) is 13.0. The molecule has 5 heteroatoms. The lowest BCUT2D eigenvalue weighted by atomic mass is 10.1. The van der Waals surface area contributed by atoms with Crippen molar-refractivity contribution in [3.05, 3.63) is 18.2 Å². The maximum Gasteiger partial charge on any atom is 0.0951 e. The van der Waals surface area contributed by atoms with E-state index in [1.807, 2.05) is 12.5 Å². The van der Waals surface area contributed by atoms with Crippen LogP contribution >= 0.6 is 0 Å². The number of nitrogens with zero attached hydrogens (tertiary/aromatic N) is 3. The Kier molecular flexibility index (Phi) is 5.57. The van der Waals surface area contributed by atoms with Crippen molar-refractivity contribution in [3.8, 4) is 0 Å². The van der Waals surface area contributed by atoms with Gasteiger partial charge in [0.2, 0.25) is 0 Å². The number of nitrogens with two attached hydrogens (primary N) is 1. The Morgan fingerprint density at radius 3 is 2.90 bits per heavy atom. The number of aromatic nitrogens is 2. The Labute approximate surface area is 122 Å². The first kappa shape index (κ1) is 15.5. The fourth-order valence-electron chi connectivity index (χ4n) is 2.99. The topological polar surface area (TPSA) is 56.3 Å². The second-order valence-corrected chi connectivity index (χ2v) is 5.79. The van der Waals surface area contributed by atoms with E-state index in [-0.39, 0.29) is 6.04 Å². The first-order chi connectivity index (χ1) is 9.67. The summed E-state index contributed by atoms with van der Waals surface area (Å²) in [6.45, 7) is 9.99. The second-order valence-electron chi connectivity index (χ2n) is 5.79. The maximum absolute atomic E-state index is 6.06. The van der Waals surface area contributed by atoms with Crippen LogP contribution in [0.2, 0.25) is 0 Å². The highest BCUT2D eigenvalue weighted by Gasteiger charge is 2.26. The molecule has 2 unspecified atom stereocenters. The van der Waals surface area contributed by atoms with Crippen LogP contribution in [0.25, 0.3) is 0 Å². The van der Waals surface area contributed by atoms with Crippen molar-refractivity contribution in [2.45, 2.75) is 51.8 Å². The molecule has 114 valence electrons. The minimum Gasteiger partial charge on any atom is -0.377 e. The smallest absolute Gasteiger partial charge is 0.0951 e. The molecule has 2 rings (SSSR count). The summed E-state index contributed by atoms with van der Waals surface area (Å²) in [5.41, 5.74) is 7.27. The summed E-state index contributed by atoms with van der Waals surface area (Å²) in [6.07, 6.45) is 6.56. The average Bonchev–Trinajstić information content (AvgIpc) is 3.09. The van der Waals surface area contributed by atoms with Gasteiger partial charge in [0.05, 0.1) is 24.2 Å². The largest absolute Gasteiger partial charge is 0.377 e. The third kappa shape index (κ3) is 3.40. The van der Waals surface area contributed by atoms with Crippen LogP contribution < -0.4 is 5.73 Å². The van der Waals surface area contributed by atoms with Gasteiger partial charge in [-0.3, -0.25) is 4.90 Å². The predicted octanol–water partition coefficient (Wildman–Crippen LogP) is 1.96. The molecule has 0 radical (unpaired) electrons. The SMILES string of the molecule is CCN(CC1CCCO1)C(CN)c1cncn1C(C)C. The molecule has 1 aliphatic rings. The molecule has 1 aromatic heterocycles. The van der Waals surface area contributed by atoms with Crippen LogP contribution in [0.15, 0.2) is 12.5 Å². The normalized spacial score (nSPS) is 21.0.